The van der Waals surface area contributed by atoms with Crippen LogP contribution in [0.3, 0.4) is 0 Å². The summed E-state index contributed by atoms with van der Waals surface area (Å²) in [5.41, 5.74) is 8.96. The number of methoxy groups -OCH3 is 2. The molecule has 0 aliphatic carbocycles. The van der Waals surface area contributed by atoms with E-state index in [9.17, 15) is 0 Å². The van der Waals surface area contributed by atoms with Crippen molar-refractivity contribution in [2.75, 3.05) is 20.0 Å². The Morgan fingerprint density at radius 3 is 2.42 bits per heavy atom. The zero-order chi connectivity index (χ0) is 18.3. The normalized spacial score (nSPS) is 11.0. The van der Waals surface area contributed by atoms with Gasteiger partial charge in [0.05, 0.1) is 19.7 Å². The minimum Gasteiger partial charge on any atom is -0.493 e. The summed E-state index contributed by atoms with van der Waals surface area (Å²) in [5.74, 6) is 1.73. The second-order valence-corrected chi connectivity index (χ2v) is 6.75. The van der Waals surface area contributed by atoms with Gasteiger partial charge in [-0.3, -0.25) is 4.98 Å². The van der Waals surface area contributed by atoms with E-state index in [-0.39, 0.29) is 0 Å². The van der Waals surface area contributed by atoms with Gasteiger partial charge in [-0.25, -0.2) is 4.98 Å². The van der Waals surface area contributed by atoms with E-state index in [0.717, 1.165) is 37.3 Å². The molecule has 0 saturated heterocycles. The third-order valence-electron chi connectivity index (χ3n) is 4.39. The molecular formula is C20H16BrN3O2. The van der Waals surface area contributed by atoms with Gasteiger partial charge in [0.25, 0.3) is 0 Å². The van der Waals surface area contributed by atoms with Crippen LogP contribution in [0, 0.1) is 0 Å². The number of pyridine rings is 2. The van der Waals surface area contributed by atoms with Crippen LogP contribution in [0.4, 0.5) is 5.82 Å². The summed E-state index contributed by atoms with van der Waals surface area (Å²) < 4.78 is 11.9. The van der Waals surface area contributed by atoms with E-state index in [0.29, 0.717) is 17.3 Å². The zero-order valence-electron chi connectivity index (χ0n) is 14.3. The second kappa shape index (κ2) is 6.46. The van der Waals surface area contributed by atoms with Crippen LogP contribution in [0.2, 0.25) is 0 Å². The van der Waals surface area contributed by atoms with Crippen LogP contribution in [0.25, 0.3) is 32.8 Å². The van der Waals surface area contributed by atoms with E-state index < -0.39 is 0 Å². The first-order chi connectivity index (χ1) is 12.6. The molecule has 130 valence electrons. The Morgan fingerprint density at radius 2 is 1.69 bits per heavy atom. The van der Waals surface area contributed by atoms with Crippen molar-refractivity contribution < 1.29 is 9.47 Å². The number of hydrogen-bond acceptors (Lipinski definition) is 5. The Morgan fingerprint density at radius 1 is 0.923 bits per heavy atom. The van der Waals surface area contributed by atoms with Gasteiger partial charge in [0.2, 0.25) is 0 Å². The van der Waals surface area contributed by atoms with Crippen molar-refractivity contribution in [3.05, 3.63) is 53.3 Å². The summed E-state index contributed by atoms with van der Waals surface area (Å²) in [7, 11) is 3.23. The van der Waals surface area contributed by atoms with E-state index in [1.165, 1.54) is 0 Å². The monoisotopic (exact) mass is 409 g/mol. The Kier molecular flexibility index (Phi) is 4.12. The lowest BCUT2D eigenvalue weighted by Crippen LogP contribution is -1.97. The maximum Gasteiger partial charge on any atom is 0.162 e. The van der Waals surface area contributed by atoms with Gasteiger partial charge in [-0.15, -0.1) is 0 Å². The predicted molar refractivity (Wildman–Crippen MR) is 108 cm³/mol. The van der Waals surface area contributed by atoms with Gasteiger partial charge in [-0.05, 0) is 23.8 Å². The molecule has 0 aliphatic heterocycles. The summed E-state index contributed by atoms with van der Waals surface area (Å²) >= 11 is 3.54. The summed E-state index contributed by atoms with van der Waals surface area (Å²) in [5, 5.41) is 2.73. The fourth-order valence-corrected chi connectivity index (χ4v) is 3.55. The summed E-state index contributed by atoms with van der Waals surface area (Å²) in [6.07, 6.45) is 3.56. The Balaban J connectivity index is 2.16. The van der Waals surface area contributed by atoms with Crippen molar-refractivity contribution in [3.8, 4) is 22.6 Å². The number of nitrogen functional groups attached to an aromatic ring is 1. The molecule has 2 N–H and O–H groups in total. The third-order valence-corrected chi connectivity index (χ3v) is 4.88. The molecule has 2 aromatic heterocycles. The first-order valence-corrected chi connectivity index (χ1v) is 8.76. The van der Waals surface area contributed by atoms with E-state index in [4.69, 9.17) is 15.2 Å². The molecule has 0 fully saturated rings. The molecule has 0 amide bonds. The van der Waals surface area contributed by atoms with Gasteiger partial charge in [0, 0.05) is 44.7 Å². The number of ether oxygens (including phenoxy) is 2. The van der Waals surface area contributed by atoms with Crippen LogP contribution in [-0.2, 0) is 0 Å². The Labute approximate surface area is 158 Å². The molecule has 4 rings (SSSR count). The maximum absolute atomic E-state index is 6.13. The predicted octanol–water partition coefficient (Wildman–Crippen LogP) is 4.81. The number of benzene rings is 2. The highest BCUT2D eigenvalue weighted by molar-refractivity contribution is 9.10. The Bertz CT molecular complexity index is 1140. The van der Waals surface area contributed by atoms with Gasteiger partial charge < -0.3 is 15.2 Å². The third kappa shape index (κ3) is 2.63. The number of nitrogens with two attached hydrogens (primary N) is 1. The highest BCUT2D eigenvalue weighted by Gasteiger charge is 2.15. The zero-order valence-corrected chi connectivity index (χ0v) is 15.9. The molecule has 26 heavy (non-hydrogen) atoms. The van der Waals surface area contributed by atoms with E-state index in [1.807, 2.05) is 30.3 Å². The molecule has 6 heteroatoms. The SMILES string of the molecule is COc1cc2ncc3c(N)ncc(-c4cccc(Br)c4)c3c2cc1OC. The highest BCUT2D eigenvalue weighted by Crippen LogP contribution is 2.39. The van der Waals surface area contributed by atoms with Gasteiger partial charge in [-0.1, -0.05) is 28.1 Å². The highest BCUT2D eigenvalue weighted by atomic mass is 79.9. The average molecular weight is 410 g/mol. The number of nitrogens with zero attached hydrogens (tertiary/aromatic N) is 2. The molecule has 0 unspecified atom stereocenters. The van der Waals surface area contributed by atoms with Crippen molar-refractivity contribution in [3.63, 3.8) is 0 Å². The average Bonchev–Trinajstić information content (AvgIpc) is 2.67. The molecule has 2 heterocycles. The second-order valence-electron chi connectivity index (χ2n) is 5.84. The van der Waals surface area contributed by atoms with E-state index in [2.05, 4.69) is 32.0 Å². The fourth-order valence-electron chi connectivity index (χ4n) is 3.15. The minimum absolute atomic E-state index is 0.447. The van der Waals surface area contributed by atoms with Crippen molar-refractivity contribution in [2.24, 2.45) is 0 Å². The first kappa shape index (κ1) is 16.6. The van der Waals surface area contributed by atoms with Gasteiger partial charge in [0.15, 0.2) is 11.5 Å². The molecule has 0 saturated carbocycles. The molecule has 0 atom stereocenters. The number of halogens is 1. The Hall–Kier alpha value is -2.86. The molecule has 0 radical (unpaired) electrons. The van der Waals surface area contributed by atoms with Crippen molar-refractivity contribution >= 4 is 43.4 Å². The number of anilines is 1. The van der Waals surface area contributed by atoms with E-state index >= 15 is 0 Å². The van der Waals surface area contributed by atoms with Crippen LogP contribution in [-0.4, -0.2) is 24.2 Å². The smallest absolute Gasteiger partial charge is 0.162 e. The summed E-state index contributed by atoms with van der Waals surface area (Å²) in [4.78, 5) is 8.90. The lowest BCUT2D eigenvalue weighted by atomic mass is 9.97. The summed E-state index contributed by atoms with van der Waals surface area (Å²) in [6, 6.07) is 11.9. The number of hydrogen-bond donors (Lipinski definition) is 1. The lowest BCUT2D eigenvalue weighted by molar-refractivity contribution is 0.356. The topological polar surface area (TPSA) is 70.3 Å². The van der Waals surface area contributed by atoms with Gasteiger partial charge in [0.1, 0.15) is 5.82 Å². The summed E-state index contributed by atoms with van der Waals surface area (Å²) in [6.45, 7) is 0. The number of rotatable bonds is 3. The van der Waals surface area contributed by atoms with Crippen LogP contribution in [0.1, 0.15) is 0 Å². The number of aromatic nitrogens is 2. The standard InChI is InChI=1S/C20H16BrN3O2/c1-25-17-7-13-16(8-18(17)26-2)23-10-15-19(13)14(9-24-20(15)22)11-4-3-5-12(21)6-11/h3-10H,1-2H3,(H2,22,24). The largest absolute Gasteiger partial charge is 0.493 e. The minimum atomic E-state index is 0.447. The van der Waals surface area contributed by atoms with Gasteiger partial charge >= 0.3 is 0 Å². The van der Waals surface area contributed by atoms with Crippen molar-refractivity contribution in [1.29, 1.82) is 0 Å². The molecule has 0 bridgehead atoms. The molecule has 0 spiro atoms. The molecule has 5 nitrogen and oxygen atoms in total. The van der Waals surface area contributed by atoms with E-state index in [1.54, 1.807) is 26.6 Å². The van der Waals surface area contributed by atoms with Crippen LogP contribution >= 0.6 is 15.9 Å². The van der Waals surface area contributed by atoms with Crippen molar-refractivity contribution in [1.82, 2.24) is 9.97 Å². The quantitative estimate of drug-likeness (QED) is 0.491. The van der Waals surface area contributed by atoms with Crippen LogP contribution < -0.4 is 15.2 Å². The van der Waals surface area contributed by atoms with Crippen LogP contribution in [0.5, 0.6) is 11.5 Å². The fraction of sp³-hybridized carbons (Fsp3) is 0.100. The lowest BCUT2D eigenvalue weighted by Gasteiger charge is -2.14. The molecular weight excluding hydrogens is 394 g/mol. The molecule has 0 aliphatic rings. The molecule has 2 aromatic carbocycles. The van der Waals surface area contributed by atoms with Crippen LogP contribution in [0.15, 0.2) is 53.3 Å². The maximum atomic E-state index is 6.13. The first-order valence-electron chi connectivity index (χ1n) is 7.97. The van der Waals surface area contributed by atoms with Gasteiger partial charge in [-0.2, -0.15) is 0 Å². The molecule has 4 aromatic rings. The number of fused-ring (bicyclic) bond motifs is 3. The van der Waals surface area contributed by atoms with Crippen molar-refractivity contribution in [2.45, 2.75) is 0 Å².